The van der Waals surface area contributed by atoms with Crippen LogP contribution in [0.3, 0.4) is 0 Å². The molecule has 2 saturated heterocycles. The molecule has 4 N–H and O–H groups in total. The molecule has 0 bridgehead atoms. The molecule has 5 aliphatic rings. The van der Waals surface area contributed by atoms with Gasteiger partial charge in [-0.3, -0.25) is 23.9 Å². The van der Waals surface area contributed by atoms with Crippen LogP contribution in [0, 0.1) is 20.8 Å². The summed E-state index contributed by atoms with van der Waals surface area (Å²) in [6.07, 6.45) is 10.5. The highest BCUT2D eigenvalue weighted by Gasteiger charge is 2.57. The van der Waals surface area contributed by atoms with Crippen LogP contribution < -0.4 is 26.0 Å². The molecule has 3 amide bonds. The van der Waals surface area contributed by atoms with Gasteiger partial charge >= 0.3 is 11.6 Å². The number of unbranched alkanes of at least 4 members (excludes halogenated alkanes) is 4. The van der Waals surface area contributed by atoms with E-state index in [1.807, 2.05) is 75.6 Å². The summed E-state index contributed by atoms with van der Waals surface area (Å²) in [5, 5.41) is 31.8. The number of ether oxygens (including phenoxy) is 4. The molecule has 5 aromatic rings. The summed E-state index contributed by atoms with van der Waals surface area (Å²) in [6, 6.07) is 17.6. The number of aromatic carboxylic acids is 1. The number of carboxylic acids is 1. The van der Waals surface area contributed by atoms with E-state index in [9.17, 15) is 28.7 Å². The minimum atomic E-state index is -2.66. The Morgan fingerprint density at radius 3 is 2.16 bits per heavy atom. The van der Waals surface area contributed by atoms with Crippen LogP contribution >= 0.6 is 34.5 Å². The largest absolute Gasteiger partial charge is 0.478 e. The number of hydrogen-bond donors (Lipinski definition) is 4. The number of carbonyl (C=O) groups excluding carboxylic acids is 3. The Hall–Kier alpha value is -6.76. The highest BCUT2D eigenvalue weighted by molar-refractivity contribution is 7.15. The molecular weight excluding hydrogens is 1240 g/mol. The van der Waals surface area contributed by atoms with Gasteiger partial charge in [0.1, 0.15) is 31.1 Å². The van der Waals surface area contributed by atoms with E-state index in [1.165, 1.54) is 12.1 Å². The van der Waals surface area contributed by atoms with Crippen LogP contribution in [0.2, 0.25) is 18.1 Å². The SMILES string of the molecule is Cc1sc2c(c1C)C(c1ccc(Cl)cc1)=N[C@H](CC(=O)NCCCCOCCOCCNC(=O)C1(F)C[N+](=C3C=CC4=C(c5cc(C(=O)NCCOCCOCCCCCCCl)ccc5C(=O)O)c5ccc(N6CC(F)C6)cc5[Si](C)(C)C4=C3)C1)c1nnc(C)n1-2. The average Bonchev–Trinajstić information content (AvgIpc) is 1.11. The third-order valence-electron chi connectivity index (χ3n) is 17.3. The first-order valence-corrected chi connectivity index (χ1v) is 36.0. The van der Waals surface area contributed by atoms with Gasteiger partial charge in [-0.2, -0.15) is 0 Å². The van der Waals surface area contributed by atoms with Crippen molar-refractivity contribution in [3.05, 3.63) is 150 Å². The summed E-state index contributed by atoms with van der Waals surface area (Å²) in [5.74, 6) is -0.421. The van der Waals surface area contributed by atoms with Gasteiger partial charge in [0.05, 0.1) is 70.4 Å². The molecule has 18 nitrogen and oxygen atoms in total. The second-order valence-corrected chi connectivity index (χ2v) is 30.4. The van der Waals surface area contributed by atoms with Crippen LogP contribution in [0.1, 0.15) is 116 Å². The van der Waals surface area contributed by atoms with Crippen molar-refractivity contribution in [1.29, 1.82) is 0 Å². The third-order valence-corrected chi connectivity index (χ3v) is 22.5. The topological polar surface area (TPSA) is 211 Å². The Labute approximate surface area is 544 Å². The number of rotatable bonds is 31. The minimum absolute atomic E-state index is 0.0137. The second-order valence-electron chi connectivity index (χ2n) is 24.1. The number of nitrogens with zero attached hydrogens (tertiary/aromatic N) is 6. The number of benzene rings is 3. The maximum atomic E-state index is 16.3. The first kappa shape index (κ1) is 67.1. The molecule has 24 heteroatoms. The lowest BCUT2D eigenvalue weighted by atomic mass is 9.86. The summed E-state index contributed by atoms with van der Waals surface area (Å²) < 4.78 is 57.2. The zero-order chi connectivity index (χ0) is 64.4. The van der Waals surface area contributed by atoms with E-state index in [1.54, 1.807) is 17.4 Å². The number of hydrogen-bond acceptors (Lipinski definition) is 13. The predicted molar refractivity (Wildman–Crippen MR) is 354 cm³/mol. The fourth-order valence-corrected chi connectivity index (χ4v) is 16.7. The smallest absolute Gasteiger partial charge is 0.336 e. The van der Waals surface area contributed by atoms with Crippen LogP contribution in [-0.4, -0.2) is 184 Å². The molecule has 484 valence electrons. The Bertz CT molecular complexity index is 3680. The van der Waals surface area contributed by atoms with Crippen molar-refractivity contribution >= 4 is 94.2 Å². The number of allylic oxidation sites excluding steroid dienone is 5. The van der Waals surface area contributed by atoms with Crippen molar-refractivity contribution in [1.82, 2.24) is 30.7 Å². The molecule has 1 atom stereocenters. The van der Waals surface area contributed by atoms with Crippen LogP contribution in [0.25, 0.3) is 10.6 Å². The number of aliphatic imine (C=N–C) groups is 1. The van der Waals surface area contributed by atoms with E-state index in [4.69, 9.17) is 47.1 Å². The van der Waals surface area contributed by atoms with Gasteiger partial charge in [0.25, 0.3) is 11.8 Å². The van der Waals surface area contributed by atoms with Crippen LogP contribution in [-0.2, 0) is 28.5 Å². The predicted octanol–water partition coefficient (Wildman–Crippen LogP) is 9.30. The number of anilines is 1. The van der Waals surface area contributed by atoms with Crippen molar-refractivity contribution in [2.24, 2.45) is 4.99 Å². The number of amides is 3. The van der Waals surface area contributed by atoms with Gasteiger partial charge in [-0.15, -0.1) is 33.1 Å². The standard InChI is InChI=1S/C67H79Cl2F2N9O9SSi/c1-42-43(2)90-64-59(42)61(45-12-15-47(69)16-13-45)75-55(62-77-76-44(3)80(62)64)37-58(81)72-23-9-11-27-87-31-33-89-29-25-74-66(85)67(71)40-79(41-67)50-18-21-53-57(36-50)91(4,5)56-35-49(78-38-48(70)39-78)17-20-52(56)60(53)54-34-46(14-19-51(54)65(83)84)63(82)73-24-28-88-32-30-86-26-10-7-6-8-22-68/h12-21,34-36,48,55H,6-11,22-33,37-41H2,1-5H3,(H3-,72,73,74,81,82,83,84,85)/p+1/t55-/m1/s1. The molecule has 6 heterocycles. The number of aryl methyl sites for hydroxylation is 2. The fraction of sp³-hybridized carbons (Fsp3) is 0.463. The molecule has 4 aliphatic heterocycles. The molecule has 3 aromatic carbocycles. The second kappa shape index (κ2) is 30.3. The van der Waals surface area contributed by atoms with Crippen LogP contribution in [0.5, 0.6) is 0 Å². The summed E-state index contributed by atoms with van der Waals surface area (Å²) in [7, 11) is -2.66. The van der Waals surface area contributed by atoms with E-state index in [0.29, 0.717) is 86.0 Å². The molecule has 0 spiro atoms. The molecule has 0 saturated carbocycles. The van der Waals surface area contributed by atoms with E-state index >= 15 is 4.39 Å². The van der Waals surface area contributed by atoms with Crippen molar-refractivity contribution in [2.75, 3.05) is 109 Å². The molecule has 0 unspecified atom stereocenters. The van der Waals surface area contributed by atoms with Crippen molar-refractivity contribution < 1.29 is 56.6 Å². The molecule has 2 fully saturated rings. The number of halogens is 4. The van der Waals surface area contributed by atoms with Gasteiger partial charge in [-0.05, 0) is 133 Å². The van der Waals surface area contributed by atoms with E-state index < -0.39 is 37.8 Å². The fourth-order valence-electron chi connectivity index (χ4n) is 12.1. The Morgan fingerprint density at radius 2 is 1.47 bits per heavy atom. The third kappa shape index (κ3) is 15.5. The Balaban J connectivity index is 0.691. The molecule has 0 radical (unpaired) electrons. The van der Waals surface area contributed by atoms with E-state index in [0.717, 1.165) is 91.0 Å². The zero-order valence-electron chi connectivity index (χ0n) is 52.2. The Morgan fingerprint density at radius 1 is 0.791 bits per heavy atom. The van der Waals surface area contributed by atoms with Gasteiger partial charge in [0, 0.05) is 83.2 Å². The van der Waals surface area contributed by atoms with Gasteiger partial charge < -0.3 is 44.9 Å². The zero-order valence-corrected chi connectivity index (χ0v) is 55.6. The van der Waals surface area contributed by atoms with Gasteiger partial charge in [-0.25, -0.2) is 18.2 Å². The number of thiophene rings is 1. The molecule has 2 aromatic heterocycles. The minimum Gasteiger partial charge on any atom is -0.478 e. The van der Waals surface area contributed by atoms with Gasteiger partial charge in [0.15, 0.2) is 24.6 Å². The van der Waals surface area contributed by atoms with E-state index in [-0.39, 0.29) is 88.5 Å². The van der Waals surface area contributed by atoms with Gasteiger partial charge in [0.2, 0.25) is 5.91 Å². The van der Waals surface area contributed by atoms with Gasteiger partial charge in [-0.1, -0.05) is 55.7 Å². The molecule has 1 aliphatic carbocycles. The highest BCUT2D eigenvalue weighted by Crippen LogP contribution is 2.44. The number of fused-ring (bicyclic) bond motifs is 5. The van der Waals surface area contributed by atoms with Crippen molar-refractivity contribution in [3.63, 3.8) is 0 Å². The maximum Gasteiger partial charge on any atom is 0.336 e. The number of carbonyl (C=O) groups is 4. The average molecular weight is 1320 g/mol. The van der Waals surface area contributed by atoms with Crippen molar-refractivity contribution in [2.45, 2.75) is 96.7 Å². The first-order valence-electron chi connectivity index (χ1n) is 31.3. The lowest BCUT2D eigenvalue weighted by Crippen LogP contribution is -2.63. The molecule has 91 heavy (non-hydrogen) atoms. The molecule has 10 rings (SSSR count). The maximum absolute atomic E-state index is 16.3. The summed E-state index contributed by atoms with van der Waals surface area (Å²) >= 11 is 13.7. The molecular formula is C67H80Cl2F2N9O9SSi+. The lowest BCUT2D eigenvalue weighted by molar-refractivity contribution is -0.612. The van der Waals surface area contributed by atoms with Crippen LogP contribution in [0.4, 0.5) is 14.5 Å². The van der Waals surface area contributed by atoms with E-state index in [2.05, 4.69) is 59.2 Å². The number of nitrogens with one attached hydrogen (secondary N) is 3. The number of alkyl halides is 3. The van der Waals surface area contributed by atoms with Crippen LogP contribution in [0.15, 0.2) is 94.7 Å². The lowest BCUT2D eigenvalue weighted by Gasteiger charge is -2.41. The number of aromatic nitrogens is 3. The Kier molecular flexibility index (Phi) is 22.4. The normalized spacial score (nSPS) is 18.1. The van der Waals surface area contributed by atoms with Crippen molar-refractivity contribution in [3.8, 4) is 5.00 Å². The monoisotopic (exact) mass is 1320 g/mol. The summed E-state index contributed by atoms with van der Waals surface area (Å²) in [4.78, 5) is 61.8. The first-order chi connectivity index (χ1) is 43.9. The number of carboxylic acid groups (broad SMARTS) is 1. The summed E-state index contributed by atoms with van der Waals surface area (Å²) in [5.41, 5.74) is 6.15. The highest BCUT2D eigenvalue weighted by atomic mass is 35.5. The summed E-state index contributed by atoms with van der Waals surface area (Å²) in [6.45, 7) is 14.4. The quantitative estimate of drug-likeness (QED) is 0.0142.